The van der Waals surface area contributed by atoms with Crippen LogP contribution in [0.4, 0.5) is 0 Å². The van der Waals surface area contributed by atoms with E-state index in [9.17, 15) is 0 Å². The van der Waals surface area contributed by atoms with Gasteiger partial charge in [-0.1, -0.05) is 17.7 Å². The summed E-state index contributed by atoms with van der Waals surface area (Å²) in [6.45, 7) is 6.22. The molecule has 0 atom stereocenters. The number of nitrogens with zero attached hydrogens (tertiary/aromatic N) is 1. The molecular weight excluding hydrogens is 184 g/mol. The Morgan fingerprint density at radius 1 is 1.47 bits per heavy atom. The molecule has 0 aliphatic rings. The molecule has 0 radical (unpaired) electrons. The Hall–Kier alpha value is -1.57. The molecule has 0 aliphatic heterocycles. The molecule has 2 aromatic rings. The lowest BCUT2D eigenvalue weighted by atomic mass is 10.1. The summed E-state index contributed by atoms with van der Waals surface area (Å²) in [6.07, 6.45) is 3.17. The van der Waals surface area contributed by atoms with Gasteiger partial charge in [-0.3, -0.25) is 0 Å². The number of aromatic amines is 1. The first-order valence-corrected chi connectivity index (χ1v) is 5.26. The maximum absolute atomic E-state index is 4.38. The van der Waals surface area contributed by atoms with Crippen LogP contribution >= 0.6 is 0 Å². The lowest BCUT2D eigenvalue weighted by Gasteiger charge is -2.00. The van der Waals surface area contributed by atoms with Crippen molar-refractivity contribution in [1.29, 1.82) is 0 Å². The highest BCUT2D eigenvalue weighted by Crippen LogP contribution is 2.15. The number of imidazole rings is 1. The monoisotopic (exact) mass is 200 g/mol. The predicted molar refractivity (Wildman–Crippen MR) is 64.0 cm³/mol. The number of nitrogens with one attached hydrogen (secondary N) is 1. The average molecular weight is 200 g/mol. The van der Waals surface area contributed by atoms with E-state index in [-0.39, 0.29) is 0 Å². The van der Waals surface area contributed by atoms with Gasteiger partial charge in [-0.2, -0.15) is 0 Å². The first-order chi connectivity index (χ1) is 7.19. The number of rotatable bonds is 2. The van der Waals surface area contributed by atoms with Gasteiger partial charge >= 0.3 is 0 Å². The lowest BCUT2D eigenvalue weighted by molar-refractivity contribution is 1.14. The molecule has 2 heteroatoms. The van der Waals surface area contributed by atoms with E-state index in [0.29, 0.717) is 0 Å². The number of aryl methyl sites for hydroxylation is 1. The molecule has 78 valence electrons. The largest absolute Gasteiger partial charge is 0.342 e. The minimum Gasteiger partial charge on any atom is -0.342 e. The number of hydrogen-bond acceptors (Lipinski definition) is 1. The average Bonchev–Trinajstić information content (AvgIpc) is 2.57. The van der Waals surface area contributed by atoms with Crippen LogP contribution in [0.25, 0.3) is 11.0 Å². The summed E-state index contributed by atoms with van der Waals surface area (Å²) in [6, 6.07) is 6.41. The zero-order valence-corrected chi connectivity index (χ0v) is 9.46. The van der Waals surface area contributed by atoms with Crippen LogP contribution in [-0.2, 0) is 6.42 Å². The van der Waals surface area contributed by atoms with Crippen molar-refractivity contribution in [3.8, 4) is 0 Å². The minimum absolute atomic E-state index is 0.977. The SMILES string of the molecule is C/C=C(/C)Cc1ccc2nc(C)[nH]c2c1. The van der Waals surface area contributed by atoms with Crippen LogP contribution in [0.1, 0.15) is 25.2 Å². The number of fused-ring (bicyclic) bond motifs is 1. The van der Waals surface area contributed by atoms with Crippen LogP contribution in [0.15, 0.2) is 29.8 Å². The Kier molecular flexibility index (Phi) is 2.58. The molecule has 0 spiro atoms. The van der Waals surface area contributed by atoms with E-state index in [4.69, 9.17) is 0 Å². The molecule has 0 bridgehead atoms. The van der Waals surface area contributed by atoms with Crippen LogP contribution < -0.4 is 0 Å². The van der Waals surface area contributed by atoms with E-state index in [1.54, 1.807) is 0 Å². The van der Waals surface area contributed by atoms with Crippen molar-refractivity contribution in [3.05, 3.63) is 41.2 Å². The molecule has 15 heavy (non-hydrogen) atoms. The van der Waals surface area contributed by atoms with E-state index in [1.165, 1.54) is 11.1 Å². The Balaban J connectivity index is 2.38. The summed E-state index contributed by atoms with van der Waals surface area (Å²) in [7, 11) is 0. The van der Waals surface area contributed by atoms with Gasteiger partial charge in [-0.25, -0.2) is 4.98 Å². The van der Waals surface area contributed by atoms with Gasteiger partial charge in [0.2, 0.25) is 0 Å². The van der Waals surface area contributed by atoms with Crippen molar-refractivity contribution >= 4 is 11.0 Å². The van der Waals surface area contributed by atoms with Crippen molar-refractivity contribution in [3.63, 3.8) is 0 Å². The zero-order valence-electron chi connectivity index (χ0n) is 9.46. The van der Waals surface area contributed by atoms with Gasteiger partial charge in [-0.15, -0.1) is 0 Å². The Labute approximate surface area is 90.0 Å². The number of H-pyrrole nitrogens is 1. The lowest BCUT2D eigenvalue weighted by Crippen LogP contribution is -1.86. The summed E-state index contributed by atoms with van der Waals surface area (Å²) in [5.74, 6) is 0.977. The van der Waals surface area contributed by atoms with Crippen molar-refractivity contribution in [2.24, 2.45) is 0 Å². The van der Waals surface area contributed by atoms with E-state index in [1.807, 2.05) is 6.92 Å². The first-order valence-electron chi connectivity index (χ1n) is 5.26. The molecule has 0 saturated heterocycles. The molecule has 0 aliphatic carbocycles. The van der Waals surface area contributed by atoms with Crippen molar-refractivity contribution in [2.45, 2.75) is 27.2 Å². The second-order valence-corrected chi connectivity index (χ2v) is 3.99. The molecule has 1 aromatic carbocycles. The fraction of sp³-hybridized carbons (Fsp3) is 0.308. The van der Waals surface area contributed by atoms with Crippen LogP contribution in [-0.4, -0.2) is 9.97 Å². The standard InChI is InChI=1S/C13H16N2/c1-4-9(2)7-11-5-6-12-13(8-11)15-10(3)14-12/h4-6,8H,7H2,1-3H3,(H,14,15)/b9-4-. The van der Waals surface area contributed by atoms with E-state index >= 15 is 0 Å². The Morgan fingerprint density at radius 3 is 3.00 bits per heavy atom. The van der Waals surface area contributed by atoms with Gasteiger partial charge in [0.05, 0.1) is 11.0 Å². The van der Waals surface area contributed by atoms with E-state index < -0.39 is 0 Å². The molecule has 1 heterocycles. The number of hydrogen-bond donors (Lipinski definition) is 1. The molecule has 0 amide bonds. The molecule has 0 fully saturated rings. The molecule has 0 saturated carbocycles. The fourth-order valence-electron chi connectivity index (χ4n) is 1.72. The van der Waals surface area contributed by atoms with Gasteiger partial charge < -0.3 is 4.98 Å². The van der Waals surface area contributed by atoms with Gasteiger partial charge in [0.1, 0.15) is 5.82 Å². The van der Waals surface area contributed by atoms with Gasteiger partial charge in [0.15, 0.2) is 0 Å². The van der Waals surface area contributed by atoms with Crippen molar-refractivity contribution in [1.82, 2.24) is 9.97 Å². The highest BCUT2D eigenvalue weighted by atomic mass is 14.9. The molecule has 2 nitrogen and oxygen atoms in total. The van der Waals surface area contributed by atoms with Crippen LogP contribution in [0.2, 0.25) is 0 Å². The van der Waals surface area contributed by atoms with Crippen LogP contribution in [0.5, 0.6) is 0 Å². The zero-order chi connectivity index (χ0) is 10.8. The van der Waals surface area contributed by atoms with Crippen LogP contribution in [0, 0.1) is 6.92 Å². The third kappa shape index (κ3) is 2.09. The summed E-state index contributed by atoms with van der Waals surface area (Å²) >= 11 is 0. The van der Waals surface area contributed by atoms with Crippen molar-refractivity contribution < 1.29 is 0 Å². The summed E-state index contributed by atoms with van der Waals surface area (Å²) < 4.78 is 0. The molecule has 1 N–H and O–H groups in total. The maximum atomic E-state index is 4.38. The first kappa shape index (κ1) is 9.97. The molecule has 0 unspecified atom stereocenters. The topological polar surface area (TPSA) is 28.7 Å². The normalized spacial score (nSPS) is 12.3. The highest BCUT2D eigenvalue weighted by molar-refractivity contribution is 5.75. The Bertz CT molecular complexity index is 506. The molecule has 2 rings (SSSR count). The number of allylic oxidation sites excluding steroid dienone is 2. The number of aromatic nitrogens is 2. The molecule has 1 aromatic heterocycles. The summed E-state index contributed by atoms with van der Waals surface area (Å²) in [5.41, 5.74) is 4.91. The minimum atomic E-state index is 0.977. The molecular formula is C13H16N2. The predicted octanol–water partition coefficient (Wildman–Crippen LogP) is 3.38. The third-order valence-electron chi connectivity index (χ3n) is 2.64. The van der Waals surface area contributed by atoms with E-state index in [2.05, 4.69) is 48.1 Å². The summed E-state index contributed by atoms with van der Waals surface area (Å²) in [5, 5.41) is 0. The van der Waals surface area contributed by atoms with E-state index in [0.717, 1.165) is 23.3 Å². The Morgan fingerprint density at radius 2 is 2.27 bits per heavy atom. The quantitative estimate of drug-likeness (QED) is 0.740. The second kappa shape index (κ2) is 3.89. The van der Waals surface area contributed by atoms with Crippen molar-refractivity contribution in [2.75, 3.05) is 0 Å². The van der Waals surface area contributed by atoms with Gasteiger partial charge in [-0.05, 0) is 44.9 Å². The summed E-state index contributed by atoms with van der Waals surface area (Å²) in [4.78, 5) is 7.64. The van der Waals surface area contributed by atoms with Gasteiger partial charge in [0, 0.05) is 0 Å². The number of benzene rings is 1. The maximum Gasteiger partial charge on any atom is 0.104 e. The van der Waals surface area contributed by atoms with Crippen LogP contribution in [0.3, 0.4) is 0 Å². The third-order valence-corrected chi connectivity index (χ3v) is 2.64. The highest BCUT2D eigenvalue weighted by Gasteiger charge is 2.00. The smallest absolute Gasteiger partial charge is 0.104 e. The fourth-order valence-corrected chi connectivity index (χ4v) is 1.72. The van der Waals surface area contributed by atoms with Gasteiger partial charge in [0.25, 0.3) is 0 Å². The second-order valence-electron chi connectivity index (χ2n) is 3.99.